The molecule has 17 heavy (non-hydrogen) atoms. The molecule has 0 fully saturated rings. The summed E-state index contributed by atoms with van der Waals surface area (Å²) in [4.78, 5) is 0. The number of nitrogens with two attached hydrogens (primary N) is 1. The van der Waals surface area contributed by atoms with Crippen LogP contribution in [0.2, 0.25) is 5.02 Å². The highest BCUT2D eigenvalue weighted by Gasteiger charge is 2.10. The summed E-state index contributed by atoms with van der Waals surface area (Å²) in [5.74, 6) is 1.40. The maximum absolute atomic E-state index is 6.15. The summed E-state index contributed by atoms with van der Waals surface area (Å²) in [6.07, 6.45) is 4.69. The van der Waals surface area contributed by atoms with Gasteiger partial charge in [-0.15, -0.1) is 0 Å². The molecule has 0 aliphatic carbocycles. The van der Waals surface area contributed by atoms with Gasteiger partial charge in [-0.05, 0) is 49.3 Å². The van der Waals surface area contributed by atoms with Crippen molar-refractivity contribution in [1.29, 1.82) is 0 Å². The van der Waals surface area contributed by atoms with Crippen LogP contribution in [-0.2, 0) is 6.42 Å². The number of benzene rings is 1. The molecule has 0 aliphatic heterocycles. The lowest BCUT2D eigenvalue weighted by Crippen LogP contribution is -2.16. The van der Waals surface area contributed by atoms with E-state index in [1.807, 2.05) is 12.1 Å². The Hall–Kier alpha value is -0.530. The van der Waals surface area contributed by atoms with Crippen molar-refractivity contribution in [2.75, 3.05) is 6.54 Å². The average Bonchev–Trinajstić information content (AvgIpc) is 2.35. The number of aryl methyl sites for hydroxylation is 1. The van der Waals surface area contributed by atoms with Crippen LogP contribution in [0.3, 0.4) is 0 Å². The molecule has 0 aliphatic rings. The molecule has 2 N–H and O–H groups in total. The zero-order chi connectivity index (χ0) is 12.7. The minimum Gasteiger partial charge on any atom is -0.330 e. The predicted octanol–water partition coefficient (Wildman–Crippen LogP) is 4.28. The van der Waals surface area contributed by atoms with Crippen LogP contribution in [0.4, 0.5) is 0 Å². The van der Waals surface area contributed by atoms with Gasteiger partial charge in [0.1, 0.15) is 0 Å². The van der Waals surface area contributed by atoms with Crippen LogP contribution in [0.25, 0.3) is 0 Å². The molecule has 2 unspecified atom stereocenters. The first-order chi connectivity index (χ1) is 8.17. The standard InChI is InChI=1S/C15H24ClN/c1-3-13(11-17)10-12(2)8-9-14-6-4-5-7-15(14)16/h4-7,12-13H,3,8-11,17H2,1-2H3. The van der Waals surface area contributed by atoms with Gasteiger partial charge in [0.2, 0.25) is 0 Å². The zero-order valence-electron chi connectivity index (χ0n) is 11.0. The Labute approximate surface area is 110 Å². The lowest BCUT2D eigenvalue weighted by atomic mass is 9.90. The van der Waals surface area contributed by atoms with Crippen molar-refractivity contribution in [2.45, 2.75) is 39.5 Å². The zero-order valence-corrected chi connectivity index (χ0v) is 11.7. The van der Waals surface area contributed by atoms with Crippen LogP contribution >= 0.6 is 11.6 Å². The van der Waals surface area contributed by atoms with E-state index >= 15 is 0 Å². The van der Waals surface area contributed by atoms with Crippen LogP contribution in [0.5, 0.6) is 0 Å². The van der Waals surface area contributed by atoms with Crippen molar-refractivity contribution in [3.05, 3.63) is 34.9 Å². The van der Waals surface area contributed by atoms with Gasteiger partial charge in [0, 0.05) is 5.02 Å². The fraction of sp³-hybridized carbons (Fsp3) is 0.600. The second-order valence-electron chi connectivity index (χ2n) is 4.98. The fourth-order valence-corrected chi connectivity index (χ4v) is 2.45. The van der Waals surface area contributed by atoms with Crippen molar-refractivity contribution in [1.82, 2.24) is 0 Å². The molecule has 1 aromatic rings. The number of hydrogen-bond acceptors (Lipinski definition) is 1. The van der Waals surface area contributed by atoms with E-state index in [1.165, 1.54) is 24.8 Å². The maximum Gasteiger partial charge on any atom is 0.0437 e. The Morgan fingerprint density at radius 3 is 2.59 bits per heavy atom. The first-order valence-corrected chi connectivity index (χ1v) is 6.98. The van der Waals surface area contributed by atoms with E-state index in [0.717, 1.165) is 23.9 Å². The molecule has 2 heteroatoms. The van der Waals surface area contributed by atoms with E-state index in [1.54, 1.807) is 0 Å². The summed E-state index contributed by atoms with van der Waals surface area (Å²) in [7, 11) is 0. The number of halogens is 1. The van der Waals surface area contributed by atoms with E-state index in [4.69, 9.17) is 17.3 Å². The van der Waals surface area contributed by atoms with Gasteiger partial charge in [-0.2, -0.15) is 0 Å². The molecule has 96 valence electrons. The second kappa shape index (κ2) is 7.73. The first kappa shape index (κ1) is 14.5. The Kier molecular flexibility index (Phi) is 6.61. The van der Waals surface area contributed by atoms with E-state index in [2.05, 4.69) is 26.0 Å². The van der Waals surface area contributed by atoms with Gasteiger partial charge in [0.25, 0.3) is 0 Å². The molecule has 0 radical (unpaired) electrons. The molecule has 0 aromatic heterocycles. The Morgan fingerprint density at radius 1 is 1.29 bits per heavy atom. The minimum absolute atomic E-state index is 0.677. The minimum atomic E-state index is 0.677. The predicted molar refractivity (Wildman–Crippen MR) is 76.4 cm³/mol. The Balaban J connectivity index is 2.38. The highest BCUT2D eigenvalue weighted by molar-refractivity contribution is 6.31. The summed E-state index contributed by atoms with van der Waals surface area (Å²) in [6.45, 7) is 5.35. The molecule has 1 rings (SSSR count). The van der Waals surface area contributed by atoms with Gasteiger partial charge in [0.15, 0.2) is 0 Å². The highest BCUT2D eigenvalue weighted by atomic mass is 35.5. The van der Waals surface area contributed by atoms with Gasteiger partial charge >= 0.3 is 0 Å². The van der Waals surface area contributed by atoms with Gasteiger partial charge < -0.3 is 5.73 Å². The van der Waals surface area contributed by atoms with Crippen molar-refractivity contribution >= 4 is 11.6 Å². The molecule has 0 amide bonds. The van der Waals surface area contributed by atoms with Crippen molar-refractivity contribution in [3.8, 4) is 0 Å². The van der Waals surface area contributed by atoms with Crippen molar-refractivity contribution in [3.63, 3.8) is 0 Å². The van der Waals surface area contributed by atoms with Crippen molar-refractivity contribution < 1.29 is 0 Å². The molecule has 0 saturated carbocycles. The average molecular weight is 254 g/mol. The fourth-order valence-electron chi connectivity index (χ4n) is 2.22. The molecular formula is C15H24ClN. The van der Waals surface area contributed by atoms with Crippen molar-refractivity contribution in [2.24, 2.45) is 17.6 Å². The smallest absolute Gasteiger partial charge is 0.0437 e. The normalized spacial score (nSPS) is 14.6. The second-order valence-corrected chi connectivity index (χ2v) is 5.39. The van der Waals surface area contributed by atoms with Crippen LogP contribution in [0, 0.1) is 11.8 Å². The molecule has 1 nitrogen and oxygen atoms in total. The first-order valence-electron chi connectivity index (χ1n) is 6.60. The van der Waals surface area contributed by atoms with Gasteiger partial charge in [-0.1, -0.05) is 50.1 Å². The lowest BCUT2D eigenvalue weighted by Gasteiger charge is -2.18. The molecule has 1 aromatic carbocycles. The summed E-state index contributed by atoms with van der Waals surface area (Å²) in [6, 6.07) is 8.13. The summed E-state index contributed by atoms with van der Waals surface area (Å²) >= 11 is 6.15. The lowest BCUT2D eigenvalue weighted by molar-refractivity contribution is 0.371. The monoisotopic (exact) mass is 253 g/mol. The van der Waals surface area contributed by atoms with E-state index < -0.39 is 0 Å². The Morgan fingerprint density at radius 2 is 2.00 bits per heavy atom. The Bertz CT molecular complexity index is 320. The number of hydrogen-bond donors (Lipinski definition) is 1. The molecule has 0 saturated heterocycles. The van der Waals surface area contributed by atoms with Gasteiger partial charge in [-0.25, -0.2) is 0 Å². The highest BCUT2D eigenvalue weighted by Crippen LogP contribution is 2.22. The molecule has 0 spiro atoms. The summed E-state index contributed by atoms with van der Waals surface area (Å²) in [5, 5.41) is 0.894. The van der Waals surface area contributed by atoms with Crippen LogP contribution in [0.1, 0.15) is 38.7 Å². The largest absolute Gasteiger partial charge is 0.330 e. The molecule has 0 heterocycles. The summed E-state index contributed by atoms with van der Waals surface area (Å²) in [5.41, 5.74) is 7.01. The quantitative estimate of drug-likeness (QED) is 0.771. The van der Waals surface area contributed by atoms with E-state index in [9.17, 15) is 0 Å². The number of rotatable bonds is 7. The van der Waals surface area contributed by atoms with Crippen LogP contribution in [0.15, 0.2) is 24.3 Å². The third-order valence-electron chi connectivity index (χ3n) is 3.51. The summed E-state index contributed by atoms with van der Waals surface area (Å²) < 4.78 is 0. The topological polar surface area (TPSA) is 26.0 Å². The van der Waals surface area contributed by atoms with Crippen LogP contribution < -0.4 is 5.73 Å². The van der Waals surface area contributed by atoms with Gasteiger partial charge in [-0.3, -0.25) is 0 Å². The third kappa shape index (κ3) is 5.10. The van der Waals surface area contributed by atoms with Gasteiger partial charge in [0.05, 0.1) is 0 Å². The van der Waals surface area contributed by atoms with E-state index in [0.29, 0.717) is 5.92 Å². The molecule has 2 atom stereocenters. The SMILES string of the molecule is CCC(CN)CC(C)CCc1ccccc1Cl. The maximum atomic E-state index is 6.15. The van der Waals surface area contributed by atoms with E-state index in [-0.39, 0.29) is 0 Å². The molecular weight excluding hydrogens is 230 g/mol. The third-order valence-corrected chi connectivity index (χ3v) is 3.88. The molecule has 0 bridgehead atoms. The van der Waals surface area contributed by atoms with Crippen LogP contribution in [-0.4, -0.2) is 6.54 Å².